The lowest BCUT2D eigenvalue weighted by Crippen LogP contribution is -2.38. The molecule has 1 saturated heterocycles. The van der Waals surface area contributed by atoms with Gasteiger partial charge in [0, 0.05) is 17.8 Å². The van der Waals surface area contributed by atoms with E-state index in [0.29, 0.717) is 6.54 Å². The van der Waals surface area contributed by atoms with E-state index < -0.39 is 0 Å². The monoisotopic (exact) mass is 236 g/mol. The fourth-order valence-corrected chi connectivity index (χ4v) is 2.69. The summed E-state index contributed by atoms with van der Waals surface area (Å²) in [6.45, 7) is 6.01. The second kappa shape index (κ2) is 4.65. The van der Waals surface area contributed by atoms with E-state index in [1.54, 1.807) is 12.1 Å². The van der Waals surface area contributed by atoms with Crippen molar-refractivity contribution in [3.8, 4) is 0 Å². The first-order valence-electron chi connectivity index (χ1n) is 6.30. The van der Waals surface area contributed by atoms with Crippen molar-refractivity contribution in [3.63, 3.8) is 0 Å². The van der Waals surface area contributed by atoms with Crippen molar-refractivity contribution in [2.75, 3.05) is 18.0 Å². The molecule has 1 aliphatic heterocycles. The summed E-state index contributed by atoms with van der Waals surface area (Å²) >= 11 is 0. The fraction of sp³-hybridized carbons (Fsp3) is 0.571. The van der Waals surface area contributed by atoms with Crippen LogP contribution in [0.5, 0.6) is 0 Å². The molecule has 0 spiro atoms. The van der Waals surface area contributed by atoms with Crippen molar-refractivity contribution in [2.45, 2.75) is 38.6 Å². The molecule has 0 atom stereocenters. The Bertz CT molecular complexity index is 401. The fourth-order valence-electron chi connectivity index (χ4n) is 2.69. The maximum absolute atomic E-state index is 13.6. The third kappa shape index (κ3) is 2.60. The van der Waals surface area contributed by atoms with Crippen LogP contribution in [-0.4, -0.2) is 18.6 Å². The number of nitrogens with zero attached hydrogens (tertiary/aromatic N) is 1. The number of nitrogens with two attached hydrogens (primary N) is 1. The average Bonchev–Trinajstić information content (AvgIpc) is 2.57. The molecule has 2 N–H and O–H groups in total. The zero-order valence-corrected chi connectivity index (χ0v) is 10.7. The third-order valence-corrected chi connectivity index (χ3v) is 3.59. The van der Waals surface area contributed by atoms with Crippen LogP contribution in [0.2, 0.25) is 0 Å². The number of rotatable bonds is 3. The Morgan fingerprint density at radius 3 is 2.71 bits per heavy atom. The predicted molar refractivity (Wildman–Crippen MR) is 69.8 cm³/mol. The highest BCUT2D eigenvalue weighted by Gasteiger charge is 2.32. The van der Waals surface area contributed by atoms with Crippen LogP contribution in [0.25, 0.3) is 0 Å². The molecule has 1 aromatic carbocycles. The molecule has 94 valence electrons. The summed E-state index contributed by atoms with van der Waals surface area (Å²) in [6, 6.07) is 5.29. The van der Waals surface area contributed by atoms with Crippen LogP contribution in [0.1, 0.15) is 32.3 Å². The first kappa shape index (κ1) is 12.4. The van der Waals surface area contributed by atoms with Crippen LogP contribution in [-0.2, 0) is 6.42 Å². The molecular formula is C14H21FN2. The maximum Gasteiger partial charge on any atom is 0.125 e. The summed E-state index contributed by atoms with van der Waals surface area (Å²) in [6.07, 6.45) is 3.07. The minimum Gasteiger partial charge on any atom is -0.366 e. The quantitative estimate of drug-likeness (QED) is 0.874. The molecule has 1 aliphatic rings. The predicted octanol–water partition coefficient (Wildman–Crippen LogP) is 2.71. The number of anilines is 1. The maximum atomic E-state index is 13.6. The van der Waals surface area contributed by atoms with Crippen molar-refractivity contribution in [1.29, 1.82) is 0 Å². The zero-order valence-electron chi connectivity index (χ0n) is 10.7. The molecule has 0 saturated carbocycles. The van der Waals surface area contributed by atoms with E-state index in [9.17, 15) is 4.39 Å². The molecular weight excluding hydrogens is 215 g/mol. The molecule has 0 unspecified atom stereocenters. The molecule has 2 nitrogen and oxygen atoms in total. The summed E-state index contributed by atoms with van der Waals surface area (Å²) in [4.78, 5) is 2.30. The number of benzene rings is 1. The lowest BCUT2D eigenvalue weighted by Gasteiger charge is -2.34. The Hall–Kier alpha value is -1.09. The van der Waals surface area contributed by atoms with Crippen LogP contribution in [0.15, 0.2) is 18.2 Å². The van der Waals surface area contributed by atoms with Gasteiger partial charge in [-0.15, -0.1) is 0 Å². The van der Waals surface area contributed by atoms with Gasteiger partial charge in [0.25, 0.3) is 0 Å². The second-order valence-electron chi connectivity index (χ2n) is 5.42. The van der Waals surface area contributed by atoms with Crippen LogP contribution in [0.4, 0.5) is 10.1 Å². The normalized spacial score (nSPS) is 18.7. The molecule has 17 heavy (non-hydrogen) atoms. The van der Waals surface area contributed by atoms with E-state index in [4.69, 9.17) is 5.73 Å². The summed E-state index contributed by atoms with van der Waals surface area (Å²) < 4.78 is 13.6. The Kier molecular flexibility index (Phi) is 3.38. The van der Waals surface area contributed by atoms with Crippen molar-refractivity contribution in [1.82, 2.24) is 0 Å². The molecule has 0 bridgehead atoms. The molecule has 0 radical (unpaired) electrons. The first-order chi connectivity index (χ1) is 8.03. The van der Waals surface area contributed by atoms with Crippen molar-refractivity contribution in [3.05, 3.63) is 29.6 Å². The largest absolute Gasteiger partial charge is 0.366 e. The van der Waals surface area contributed by atoms with Gasteiger partial charge in [-0.3, -0.25) is 0 Å². The average molecular weight is 236 g/mol. The molecule has 0 aromatic heterocycles. The highest BCUT2D eigenvalue weighted by atomic mass is 19.1. The first-order valence-corrected chi connectivity index (χ1v) is 6.30. The van der Waals surface area contributed by atoms with E-state index in [1.807, 2.05) is 0 Å². The molecule has 2 rings (SSSR count). The third-order valence-electron chi connectivity index (χ3n) is 3.59. The van der Waals surface area contributed by atoms with Gasteiger partial charge >= 0.3 is 0 Å². The zero-order chi connectivity index (χ0) is 12.5. The Morgan fingerprint density at radius 1 is 1.35 bits per heavy atom. The van der Waals surface area contributed by atoms with Crippen LogP contribution < -0.4 is 10.6 Å². The van der Waals surface area contributed by atoms with E-state index in [1.165, 1.54) is 6.42 Å². The lowest BCUT2D eigenvalue weighted by atomic mass is 10.0. The number of hydrogen-bond acceptors (Lipinski definition) is 2. The van der Waals surface area contributed by atoms with Crippen molar-refractivity contribution < 1.29 is 4.39 Å². The summed E-state index contributed by atoms with van der Waals surface area (Å²) in [5, 5.41) is 0. The topological polar surface area (TPSA) is 29.3 Å². The van der Waals surface area contributed by atoms with Gasteiger partial charge in [-0.25, -0.2) is 4.39 Å². The van der Waals surface area contributed by atoms with Crippen molar-refractivity contribution in [2.24, 2.45) is 5.73 Å². The van der Waals surface area contributed by atoms with Gasteiger partial charge in [0.05, 0.1) is 0 Å². The molecule has 0 amide bonds. The van der Waals surface area contributed by atoms with E-state index >= 15 is 0 Å². The van der Waals surface area contributed by atoms with E-state index in [0.717, 1.165) is 30.6 Å². The number of hydrogen-bond donors (Lipinski definition) is 1. The Morgan fingerprint density at radius 2 is 2.12 bits per heavy atom. The molecule has 1 heterocycles. The van der Waals surface area contributed by atoms with Gasteiger partial charge in [-0.2, -0.15) is 0 Å². The van der Waals surface area contributed by atoms with Gasteiger partial charge in [-0.05, 0) is 63.4 Å². The van der Waals surface area contributed by atoms with E-state index in [-0.39, 0.29) is 11.4 Å². The van der Waals surface area contributed by atoms with Gasteiger partial charge in [0.1, 0.15) is 5.82 Å². The minimum atomic E-state index is -0.159. The van der Waals surface area contributed by atoms with Gasteiger partial charge in [-0.1, -0.05) is 0 Å². The minimum absolute atomic E-state index is 0.133. The SMILES string of the molecule is CC1(C)CCCN1c1cc(F)cc(CCN)c1. The molecule has 1 aromatic rings. The smallest absolute Gasteiger partial charge is 0.125 e. The highest BCUT2D eigenvalue weighted by molar-refractivity contribution is 5.52. The lowest BCUT2D eigenvalue weighted by molar-refractivity contribution is 0.516. The second-order valence-corrected chi connectivity index (χ2v) is 5.42. The van der Waals surface area contributed by atoms with Crippen LogP contribution in [0.3, 0.4) is 0 Å². The van der Waals surface area contributed by atoms with Gasteiger partial charge in [0.2, 0.25) is 0 Å². The standard InChI is InChI=1S/C14H21FN2/c1-14(2)5-3-7-17(14)13-9-11(4-6-16)8-12(15)10-13/h8-10H,3-7,16H2,1-2H3. The summed E-state index contributed by atoms with van der Waals surface area (Å²) in [5.41, 5.74) is 7.65. The van der Waals surface area contributed by atoms with Crippen molar-refractivity contribution >= 4 is 5.69 Å². The van der Waals surface area contributed by atoms with Gasteiger partial charge < -0.3 is 10.6 Å². The van der Waals surface area contributed by atoms with Gasteiger partial charge in [0.15, 0.2) is 0 Å². The van der Waals surface area contributed by atoms with E-state index in [2.05, 4.69) is 24.8 Å². The molecule has 3 heteroatoms. The summed E-state index contributed by atoms with van der Waals surface area (Å²) in [7, 11) is 0. The number of halogens is 1. The molecule has 0 aliphatic carbocycles. The highest BCUT2D eigenvalue weighted by Crippen LogP contribution is 2.34. The summed E-state index contributed by atoms with van der Waals surface area (Å²) in [5.74, 6) is -0.159. The Balaban J connectivity index is 2.31. The van der Waals surface area contributed by atoms with Crippen LogP contribution >= 0.6 is 0 Å². The Labute approximate surface area is 103 Å². The molecule has 1 fully saturated rings. The van der Waals surface area contributed by atoms with Crippen LogP contribution in [0, 0.1) is 5.82 Å².